The molecule has 0 aliphatic rings. The molecule has 0 fully saturated rings. The Labute approximate surface area is 203 Å². The molecule has 0 bridgehead atoms. The van der Waals surface area contributed by atoms with E-state index in [9.17, 15) is 9.18 Å². The summed E-state index contributed by atoms with van der Waals surface area (Å²) in [5.74, 6) is 1.03. The molecule has 0 unspecified atom stereocenters. The van der Waals surface area contributed by atoms with Crippen LogP contribution in [-0.2, 0) is 5.75 Å². The van der Waals surface area contributed by atoms with E-state index in [0.717, 1.165) is 35.3 Å². The summed E-state index contributed by atoms with van der Waals surface area (Å²) in [4.78, 5) is 14.4. The van der Waals surface area contributed by atoms with Gasteiger partial charge in [0.25, 0.3) is 5.91 Å². The number of aryl methyl sites for hydroxylation is 1. The van der Waals surface area contributed by atoms with Gasteiger partial charge in [-0.2, -0.15) is 0 Å². The van der Waals surface area contributed by atoms with E-state index in [4.69, 9.17) is 0 Å². The smallest absolute Gasteiger partial charge is 0.253 e. The molecule has 4 aromatic rings. The van der Waals surface area contributed by atoms with Crippen molar-refractivity contribution in [1.82, 2.24) is 19.7 Å². The Morgan fingerprint density at radius 2 is 1.76 bits per heavy atom. The Morgan fingerprint density at radius 1 is 1.03 bits per heavy atom. The Morgan fingerprint density at radius 3 is 2.47 bits per heavy atom. The first-order valence-electron chi connectivity index (χ1n) is 11.2. The maximum absolute atomic E-state index is 13.6. The van der Waals surface area contributed by atoms with Crippen LogP contribution in [0.4, 0.5) is 4.39 Å². The molecule has 0 saturated heterocycles. The third-order valence-electron chi connectivity index (χ3n) is 5.48. The van der Waals surface area contributed by atoms with E-state index in [1.165, 1.54) is 23.9 Å². The minimum atomic E-state index is -0.294. The summed E-state index contributed by atoms with van der Waals surface area (Å²) >= 11 is 1.53. The van der Waals surface area contributed by atoms with Gasteiger partial charge in [0.2, 0.25) is 0 Å². The standard InChI is InChI=1S/C27H27FN4OS/c1-4-16-31(3)26(33)22-7-5-6-20(17-22)18-34-27-30-29-25(21-10-8-19(2)9-11-21)32(27)24-14-12-23(28)13-15-24/h5-15,17H,4,16,18H2,1-3H3. The summed E-state index contributed by atoms with van der Waals surface area (Å²) in [6.07, 6.45) is 0.917. The number of carbonyl (C=O) groups excluding carboxylic acids is 1. The molecule has 0 saturated carbocycles. The Bertz CT molecular complexity index is 1270. The molecule has 34 heavy (non-hydrogen) atoms. The van der Waals surface area contributed by atoms with Crippen molar-refractivity contribution in [3.05, 3.63) is 95.3 Å². The number of hydrogen-bond donors (Lipinski definition) is 0. The zero-order chi connectivity index (χ0) is 24.1. The van der Waals surface area contributed by atoms with Crippen LogP contribution in [0, 0.1) is 12.7 Å². The van der Waals surface area contributed by atoms with Gasteiger partial charge in [-0.3, -0.25) is 9.36 Å². The number of hydrogen-bond acceptors (Lipinski definition) is 4. The summed E-state index contributed by atoms with van der Waals surface area (Å²) in [7, 11) is 1.82. The van der Waals surface area contributed by atoms with Crippen molar-refractivity contribution in [2.45, 2.75) is 31.2 Å². The fourth-order valence-corrected chi connectivity index (χ4v) is 4.57. The van der Waals surface area contributed by atoms with Crippen LogP contribution in [0.3, 0.4) is 0 Å². The Hall–Kier alpha value is -3.45. The number of aromatic nitrogens is 3. The summed E-state index contributed by atoms with van der Waals surface area (Å²) < 4.78 is 15.5. The molecule has 0 radical (unpaired) electrons. The van der Waals surface area contributed by atoms with Crippen LogP contribution in [0.25, 0.3) is 17.1 Å². The zero-order valence-electron chi connectivity index (χ0n) is 19.5. The number of halogens is 1. The van der Waals surface area contributed by atoms with Gasteiger partial charge >= 0.3 is 0 Å². The van der Waals surface area contributed by atoms with Crippen molar-refractivity contribution >= 4 is 17.7 Å². The molecule has 1 aromatic heterocycles. The van der Waals surface area contributed by atoms with E-state index in [2.05, 4.69) is 17.1 Å². The van der Waals surface area contributed by atoms with Gasteiger partial charge < -0.3 is 4.90 Å². The van der Waals surface area contributed by atoms with Crippen molar-refractivity contribution < 1.29 is 9.18 Å². The van der Waals surface area contributed by atoms with Crippen LogP contribution in [0.15, 0.2) is 78.0 Å². The van der Waals surface area contributed by atoms with Crippen LogP contribution >= 0.6 is 11.8 Å². The molecule has 0 aliphatic heterocycles. The molecule has 7 heteroatoms. The quantitative estimate of drug-likeness (QED) is 0.287. The molecule has 174 valence electrons. The van der Waals surface area contributed by atoms with Gasteiger partial charge in [-0.25, -0.2) is 4.39 Å². The van der Waals surface area contributed by atoms with Crippen molar-refractivity contribution in [2.24, 2.45) is 0 Å². The molecule has 4 rings (SSSR count). The molecule has 0 atom stereocenters. The van der Waals surface area contributed by atoms with Crippen LogP contribution in [0.2, 0.25) is 0 Å². The van der Waals surface area contributed by atoms with Crippen LogP contribution in [0.1, 0.15) is 34.8 Å². The lowest BCUT2D eigenvalue weighted by Gasteiger charge is -2.16. The average molecular weight is 475 g/mol. The maximum Gasteiger partial charge on any atom is 0.253 e. The predicted molar refractivity (Wildman–Crippen MR) is 135 cm³/mol. The number of thioether (sulfide) groups is 1. The van der Waals surface area contributed by atoms with Gasteiger partial charge in [0, 0.05) is 36.2 Å². The number of nitrogens with zero attached hydrogens (tertiary/aromatic N) is 4. The van der Waals surface area contributed by atoms with Gasteiger partial charge in [0.1, 0.15) is 5.82 Å². The molecule has 0 aliphatic carbocycles. The molecular formula is C27H27FN4OS. The highest BCUT2D eigenvalue weighted by atomic mass is 32.2. The second-order valence-electron chi connectivity index (χ2n) is 8.20. The molecule has 3 aromatic carbocycles. The molecule has 1 amide bonds. The second kappa shape index (κ2) is 10.7. The maximum atomic E-state index is 13.6. The Kier molecular flexibility index (Phi) is 7.43. The largest absolute Gasteiger partial charge is 0.342 e. The number of amides is 1. The molecular weight excluding hydrogens is 447 g/mol. The van der Waals surface area contributed by atoms with E-state index in [0.29, 0.717) is 22.3 Å². The minimum Gasteiger partial charge on any atom is -0.342 e. The van der Waals surface area contributed by atoms with Gasteiger partial charge in [-0.1, -0.05) is 60.6 Å². The summed E-state index contributed by atoms with van der Waals surface area (Å²) in [5, 5.41) is 9.60. The SMILES string of the molecule is CCCN(C)C(=O)c1cccc(CSc2nnc(-c3ccc(C)cc3)n2-c2ccc(F)cc2)c1. The highest BCUT2D eigenvalue weighted by molar-refractivity contribution is 7.98. The third kappa shape index (κ3) is 5.37. The molecule has 0 spiro atoms. The van der Waals surface area contributed by atoms with E-state index in [1.807, 2.05) is 67.1 Å². The van der Waals surface area contributed by atoms with Gasteiger partial charge in [-0.15, -0.1) is 10.2 Å². The van der Waals surface area contributed by atoms with Crippen LogP contribution in [-0.4, -0.2) is 39.2 Å². The first kappa shape index (κ1) is 23.7. The number of benzene rings is 3. The monoisotopic (exact) mass is 474 g/mol. The summed E-state index contributed by atoms with van der Waals surface area (Å²) in [6, 6.07) is 22.1. The van der Waals surface area contributed by atoms with Crippen molar-refractivity contribution in [2.75, 3.05) is 13.6 Å². The summed E-state index contributed by atoms with van der Waals surface area (Å²) in [5.41, 5.74) is 4.57. The molecule has 1 heterocycles. The van der Waals surface area contributed by atoms with Gasteiger partial charge in [-0.05, 0) is 55.3 Å². The first-order chi connectivity index (χ1) is 16.5. The van der Waals surface area contributed by atoms with Crippen molar-refractivity contribution in [3.8, 4) is 17.1 Å². The van der Waals surface area contributed by atoms with Crippen molar-refractivity contribution in [1.29, 1.82) is 0 Å². The highest BCUT2D eigenvalue weighted by Gasteiger charge is 2.17. The van der Waals surface area contributed by atoms with Gasteiger partial charge in [0.05, 0.1) is 0 Å². The normalized spacial score (nSPS) is 10.9. The lowest BCUT2D eigenvalue weighted by atomic mass is 10.1. The van der Waals surface area contributed by atoms with E-state index < -0.39 is 0 Å². The molecule has 0 N–H and O–H groups in total. The lowest BCUT2D eigenvalue weighted by molar-refractivity contribution is 0.0795. The van der Waals surface area contributed by atoms with E-state index in [-0.39, 0.29) is 11.7 Å². The van der Waals surface area contributed by atoms with E-state index in [1.54, 1.807) is 17.0 Å². The van der Waals surface area contributed by atoms with Gasteiger partial charge in [0.15, 0.2) is 11.0 Å². The minimum absolute atomic E-state index is 0.0184. The second-order valence-corrected chi connectivity index (χ2v) is 9.14. The Balaban J connectivity index is 1.63. The number of carbonyl (C=O) groups is 1. The van der Waals surface area contributed by atoms with Crippen LogP contribution < -0.4 is 0 Å². The molecule has 5 nitrogen and oxygen atoms in total. The predicted octanol–water partition coefficient (Wildman–Crippen LogP) is 6.16. The van der Waals surface area contributed by atoms with Crippen molar-refractivity contribution in [3.63, 3.8) is 0 Å². The van der Waals surface area contributed by atoms with Crippen LogP contribution in [0.5, 0.6) is 0 Å². The first-order valence-corrected chi connectivity index (χ1v) is 12.2. The lowest BCUT2D eigenvalue weighted by Crippen LogP contribution is -2.27. The number of rotatable bonds is 8. The fraction of sp³-hybridized carbons (Fsp3) is 0.222. The topological polar surface area (TPSA) is 51.0 Å². The van der Waals surface area contributed by atoms with E-state index >= 15 is 0 Å². The summed E-state index contributed by atoms with van der Waals surface area (Å²) in [6.45, 7) is 4.81. The fourth-order valence-electron chi connectivity index (χ4n) is 3.68. The zero-order valence-corrected chi connectivity index (χ0v) is 20.3. The third-order valence-corrected chi connectivity index (χ3v) is 6.48. The average Bonchev–Trinajstić information content (AvgIpc) is 3.27. The highest BCUT2D eigenvalue weighted by Crippen LogP contribution is 2.30.